The van der Waals surface area contributed by atoms with E-state index >= 15 is 0 Å². The van der Waals surface area contributed by atoms with Crippen LogP contribution < -0.4 is 15.0 Å². The van der Waals surface area contributed by atoms with Crippen LogP contribution in [0.5, 0.6) is 11.5 Å². The van der Waals surface area contributed by atoms with E-state index in [1.54, 1.807) is 12.3 Å². The van der Waals surface area contributed by atoms with E-state index in [4.69, 9.17) is 9.47 Å². The molecule has 0 aliphatic carbocycles. The average Bonchev–Trinajstić information content (AvgIpc) is 2.70. The summed E-state index contributed by atoms with van der Waals surface area (Å²) in [4.78, 5) is 17.7. The Labute approximate surface area is 178 Å². The SMILES string of the molecule is CCCc1nc2ccc(Br)cc2c(=O)n1N=Cc1ccc(OCC)cc1OCC. The molecular weight excluding hydrogens is 434 g/mol. The Hall–Kier alpha value is -2.67. The molecule has 3 rings (SSSR count). The fourth-order valence-electron chi connectivity index (χ4n) is 2.98. The molecule has 0 radical (unpaired) electrons. The monoisotopic (exact) mass is 457 g/mol. The summed E-state index contributed by atoms with van der Waals surface area (Å²) in [7, 11) is 0. The maximum atomic E-state index is 13.1. The molecule has 0 spiro atoms. The van der Waals surface area contributed by atoms with Crippen molar-refractivity contribution in [3.63, 3.8) is 0 Å². The van der Waals surface area contributed by atoms with Crippen LogP contribution in [0.15, 0.2) is 50.8 Å². The third-order valence-corrected chi connectivity index (χ3v) is 4.75. The highest BCUT2D eigenvalue weighted by atomic mass is 79.9. The first-order chi connectivity index (χ1) is 14.1. The van der Waals surface area contributed by atoms with Crippen LogP contribution in [-0.4, -0.2) is 29.1 Å². The molecule has 0 aliphatic heterocycles. The highest BCUT2D eigenvalue weighted by Gasteiger charge is 2.11. The zero-order valence-corrected chi connectivity index (χ0v) is 18.4. The quantitative estimate of drug-likeness (QED) is 0.456. The van der Waals surface area contributed by atoms with Crippen molar-refractivity contribution in [3.05, 3.63) is 62.6 Å². The summed E-state index contributed by atoms with van der Waals surface area (Å²) in [6.07, 6.45) is 3.14. The number of hydrogen-bond donors (Lipinski definition) is 0. The molecule has 0 bridgehead atoms. The van der Waals surface area contributed by atoms with Gasteiger partial charge in [0.1, 0.15) is 17.3 Å². The van der Waals surface area contributed by atoms with Crippen molar-refractivity contribution in [2.24, 2.45) is 5.10 Å². The van der Waals surface area contributed by atoms with Crippen LogP contribution in [-0.2, 0) is 6.42 Å². The second-order valence-corrected chi connectivity index (χ2v) is 7.28. The van der Waals surface area contributed by atoms with Crippen LogP contribution in [0.25, 0.3) is 10.9 Å². The van der Waals surface area contributed by atoms with Gasteiger partial charge in [-0.25, -0.2) is 4.98 Å². The first kappa shape index (κ1) is 21.0. The molecule has 1 heterocycles. The predicted octanol–water partition coefficient (Wildman–Crippen LogP) is 4.79. The van der Waals surface area contributed by atoms with E-state index in [2.05, 4.69) is 26.0 Å². The number of hydrogen-bond acceptors (Lipinski definition) is 5. The van der Waals surface area contributed by atoms with E-state index in [1.807, 2.05) is 51.1 Å². The van der Waals surface area contributed by atoms with Gasteiger partial charge in [-0.3, -0.25) is 4.79 Å². The maximum Gasteiger partial charge on any atom is 0.282 e. The third kappa shape index (κ3) is 4.85. The number of rotatable bonds is 8. The van der Waals surface area contributed by atoms with Crippen molar-refractivity contribution in [1.82, 2.24) is 9.66 Å². The smallest absolute Gasteiger partial charge is 0.282 e. The Morgan fingerprint density at radius 2 is 1.90 bits per heavy atom. The van der Waals surface area contributed by atoms with Gasteiger partial charge < -0.3 is 9.47 Å². The lowest BCUT2D eigenvalue weighted by molar-refractivity contribution is 0.323. The predicted molar refractivity (Wildman–Crippen MR) is 119 cm³/mol. The number of fused-ring (bicyclic) bond motifs is 1. The lowest BCUT2D eigenvalue weighted by Gasteiger charge is -2.11. The molecule has 1 aromatic heterocycles. The normalized spacial score (nSPS) is 11.3. The Bertz CT molecular complexity index is 1090. The van der Waals surface area contributed by atoms with Crippen molar-refractivity contribution < 1.29 is 9.47 Å². The Balaban J connectivity index is 2.09. The fourth-order valence-corrected chi connectivity index (χ4v) is 3.34. The fraction of sp³-hybridized carbons (Fsp3) is 0.318. The average molecular weight is 458 g/mol. The second kappa shape index (κ2) is 9.69. The molecule has 29 heavy (non-hydrogen) atoms. The van der Waals surface area contributed by atoms with Gasteiger partial charge >= 0.3 is 0 Å². The van der Waals surface area contributed by atoms with Crippen LogP contribution in [0, 0.1) is 0 Å². The van der Waals surface area contributed by atoms with E-state index in [1.165, 1.54) is 4.68 Å². The Morgan fingerprint density at radius 1 is 1.10 bits per heavy atom. The molecule has 0 atom stereocenters. The van der Waals surface area contributed by atoms with Crippen molar-refractivity contribution in [2.45, 2.75) is 33.6 Å². The van der Waals surface area contributed by atoms with Crippen molar-refractivity contribution in [2.75, 3.05) is 13.2 Å². The third-order valence-electron chi connectivity index (χ3n) is 4.26. The number of benzene rings is 2. The minimum absolute atomic E-state index is 0.195. The molecular formula is C22H24BrN3O3. The molecule has 0 fully saturated rings. The standard InChI is InChI=1S/C22H24BrN3O3/c1-4-7-21-25-19-11-9-16(23)12-18(19)22(27)26(21)24-14-15-8-10-17(28-5-2)13-20(15)29-6-3/h8-14H,4-7H2,1-3H3. The van der Waals surface area contributed by atoms with Crippen molar-refractivity contribution >= 4 is 33.0 Å². The Kier molecular flexibility index (Phi) is 7.04. The second-order valence-electron chi connectivity index (χ2n) is 6.37. The van der Waals surface area contributed by atoms with Gasteiger partial charge in [-0.1, -0.05) is 22.9 Å². The zero-order chi connectivity index (χ0) is 20.8. The number of halogens is 1. The van der Waals surface area contributed by atoms with Gasteiger partial charge in [0.05, 0.1) is 30.3 Å². The molecule has 0 aliphatic rings. The van der Waals surface area contributed by atoms with Crippen LogP contribution in [0.1, 0.15) is 38.6 Å². The van der Waals surface area contributed by atoms with Gasteiger partial charge in [0.15, 0.2) is 0 Å². The van der Waals surface area contributed by atoms with Crippen LogP contribution in [0.4, 0.5) is 0 Å². The van der Waals surface area contributed by atoms with Gasteiger partial charge in [-0.05, 0) is 50.6 Å². The molecule has 7 heteroatoms. The maximum absolute atomic E-state index is 13.1. The first-order valence-electron chi connectivity index (χ1n) is 9.72. The summed E-state index contributed by atoms with van der Waals surface area (Å²) >= 11 is 3.42. The summed E-state index contributed by atoms with van der Waals surface area (Å²) < 4.78 is 13.5. The molecule has 0 saturated carbocycles. The van der Waals surface area contributed by atoms with E-state index in [9.17, 15) is 4.79 Å². The van der Waals surface area contributed by atoms with Crippen molar-refractivity contribution in [3.8, 4) is 11.5 Å². The lowest BCUT2D eigenvalue weighted by Crippen LogP contribution is -2.22. The highest BCUT2D eigenvalue weighted by Crippen LogP contribution is 2.24. The van der Waals surface area contributed by atoms with E-state index < -0.39 is 0 Å². The number of aromatic nitrogens is 2. The molecule has 0 amide bonds. The minimum Gasteiger partial charge on any atom is -0.494 e. The molecule has 0 unspecified atom stereocenters. The Morgan fingerprint density at radius 3 is 2.62 bits per heavy atom. The summed E-state index contributed by atoms with van der Waals surface area (Å²) in [5, 5.41) is 4.99. The molecule has 6 nitrogen and oxygen atoms in total. The van der Waals surface area contributed by atoms with Gasteiger partial charge in [-0.15, -0.1) is 0 Å². The van der Waals surface area contributed by atoms with Gasteiger partial charge in [0, 0.05) is 22.5 Å². The lowest BCUT2D eigenvalue weighted by atomic mass is 10.2. The van der Waals surface area contributed by atoms with E-state index in [0.29, 0.717) is 42.1 Å². The van der Waals surface area contributed by atoms with Crippen LogP contribution in [0.3, 0.4) is 0 Å². The minimum atomic E-state index is -0.195. The van der Waals surface area contributed by atoms with Gasteiger partial charge in [0.2, 0.25) is 0 Å². The molecule has 0 N–H and O–H groups in total. The first-order valence-corrected chi connectivity index (χ1v) is 10.5. The van der Waals surface area contributed by atoms with Crippen molar-refractivity contribution in [1.29, 1.82) is 0 Å². The van der Waals surface area contributed by atoms with Crippen LogP contribution in [0.2, 0.25) is 0 Å². The highest BCUT2D eigenvalue weighted by molar-refractivity contribution is 9.10. The molecule has 2 aromatic carbocycles. The number of aryl methyl sites for hydroxylation is 1. The topological polar surface area (TPSA) is 65.7 Å². The van der Waals surface area contributed by atoms with E-state index in [-0.39, 0.29) is 5.56 Å². The summed E-state index contributed by atoms with van der Waals surface area (Å²) in [6, 6.07) is 11.1. The summed E-state index contributed by atoms with van der Waals surface area (Å²) in [6.45, 7) is 6.99. The summed E-state index contributed by atoms with van der Waals surface area (Å²) in [5.41, 5.74) is 1.24. The van der Waals surface area contributed by atoms with Crippen LogP contribution >= 0.6 is 15.9 Å². The number of ether oxygens (including phenoxy) is 2. The largest absolute Gasteiger partial charge is 0.494 e. The summed E-state index contributed by atoms with van der Waals surface area (Å²) in [5.74, 6) is 2.02. The molecule has 152 valence electrons. The van der Waals surface area contributed by atoms with Gasteiger partial charge in [-0.2, -0.15) is 9.78 Å². The zero-order valence-electron chi connectivity index (χ0n) is 16.8. The van der Waals surface area contributed by atoms with Gasteiger partial charge in [0.25, 0.3) is 5.56 Å². The van der Waals surface area contributed by atoms with E-state index in [0.717, 1.165) is 22.2 Å². The number of nitrogens with zero attached hydrogens (tertiary/aromatic N) is 3. The molecule has 3 aromatic rings. The molecule has 0 saturated heterocycles.